The van der Waals surface area contributed by atoms with Gasteiger partial charge in [0.15, 0.2) is 0 Å². The quantitative estimate of drug-likeness (QED) is 0.653. The number of amides is 1. The van der Waals surface area contributed by atoms with Crippen molar-refractivity contribution >= 4 is 27.5 Å². The number of nitrogens with one attached hydrogen (secondary N) is 2. The summed E-state index contributed by atoms with van der Waals surface area (Å²) in [4.78, 5) is 11.3. The van der Waals surface area contributed by atoms with Crippen LogP contribution in [0, 0.1) is 5.41 Å². The predicted molar refractivity (Wildman–Crippen MR) is 60.4 cm³/mol. The van der Waals surface area contributed by atoms with Crippen LogP contribution >= 0.6 is 11.6 Å². The molecule has 0 aromatic rings. The third-order valence-corrected chi connectivity index (χ3v) is 3.66. The maximum absolute atomic E-state index is 11.3. The maximum atomic E-state index is 11.3. The Balaban J connectivity index is 4.33. The lowest BCUT2D eigenvalue weighted by Gasteiger charge is -2.22. The molecule has 0 bridgehead atoms. The normalized spacial score (nSPS) is 12.5. The van der Waals surface area contributed by atoms with Crippen LogP contribution in [0.1, 0.15) is 13.8 Å². The first kappa shape index (κ1) is 14.7. The van der Waals surface area contributed by atoms with Crippen molar-refractivity contribution in [2.24, 2.45) is 5.41 Å². The van der Waals surface area contributed by atoms with Crippen molar-refractivity contribution in [3.63, 3.8) is 0 Å². The zero-order valence-corrected chi connectivity index (χ0v) is 10.7. The largest absolute Gasteiger partial charge is 0.359 e. The summed E-state index contributed by atoms with van der Waals surface area (Å²) in [7, 11) is -1.86. The van der Waals surface area contributed by atoms with E-state index in [9.17, 15) is 13.2 Å². The molecule has 2 N–H and O–H groups in total. The van der Waals surface area contributed by atoms with Gasteiger partial charge in [-0.2, -0.15) is 0 Å². The van der Waals surface area contributed by atoms with Gasteiger partial charge in [-0.3, -0.25) is 4.79 Å². The molecule has 0 aliphatic carbocycles. The third kappa shape index (κ3) is 5.34. The number of sulfonamides is 1. The summed E-state index contributed by atoms with van der Waals surface area (Å²) in [6, 6.07) is 0. The molecule has 0 rings (SSSR count). The number of alkyl halides is 1. The first-order valence-electron chi connectivity index (χ1n) is 4.50. The van der Waals surface area contributed by atoms with E-state index in [0.29, 0.717) is 0 Å². The van der Waals surface area contributed by atoms with E-state index in [0.717, 1.165) is 0 Å². The Bertz CT molecular complexity index is 314. The molecule has 0 fully saturated rings. The van der Waals surface area contributed by atoms with Crippen LogP contribution in [0.15, 0.2) is 0 Å². The molecule has 0 spiro atoms. The number of carbonyl (C=O) groups is 1. The molecule has 1 amide bonds. The van der Waals surface area contributed by atoms with Crippen LogP contribution in [-0.2, 0) is 14.8 Å². The lowest BCUT2D eigenvalue weighted by molar-refractivity contribution is -0.128. The minimum Gasteiger partial charge on any atom is -0.359 e. The van der Waals surface area contributed by atoms with Crippen LogP contribution in [0.25, 0.3) is 0 Å². The fourth-order valence-corrected chi connectivity index (χ4v) is 2.42. The molecular weight excluding hydrogens is 240 g/mol. The molecule has 0 heterocycles. The Labute approximate surface area is 95.6 Å². The monoisotopic (exact) mass is 256 g/mol. The van der Waals surface area contributed by atoms with Gasteiger partial charge in [0.25, 0.3) is 0 Å². The molecule has 0 atom stereocenters. The molecule has 15 heavy (non-hydrogen) atoms. The topological polar surface area (TPSA) is 75.3 Å². The molecule has 90 valence electrons. The van der Waals surface area contributed by atoms with Gasteiger partial charge in [0.1, 0.15) is 0 Å². The zero-order chi connectivity index (χ0) is 12.1. The zero-order valence-electron chi connectivity index (χ0n) is 9.13. The van der Waals surface area contributed by atoms with E-state index in [1.807, 2.05) is 0 Å². The summed E-state index contributed by atoms with van der Waals surface area (Å²) >= 11 is 5.33. The average Bonchev–Trinajstić information content (AvgIpc) is 2.14. The van der Waals surface area contributed by atoms with E-state index in [1.165, 1.54) is 7.05 Å². The van der Waals surface area contributed by atoms with Crippen LogP contribution in [-0.4, -0.2) is 39.6 Å². The molecule has 0 unspecified atom stereocenters. The SMILES string of the molecule is CNC(=O)C(C)(C)CNS(=O)(=O)CCCl. The summed E-state index contributed by atoms with van der Waals surface area (Å²) in [5.74, 6) is -0.315. The summed E-state index contributed by atoms with van der Waals surface area (Å²) in [6.45, 7) is 3.38. The first-order chi connectivity index (χ1) is 6.75. The van der Waals surface area contributed by atoms with Gasteiger partial charge in [0, 0.05) is 19.5 Å². The molecule has 0 aliphatic rings. The molecular formula is C8H17ClN2O3S. The summed E-state index contributed by atoms with van der Waals surface area (Å²) < 4.78 is 24.9. The minimum absolute atomic E-state index is 0.0374. The van der Waals surface area contributed by atoms with Crippen LogP contribution in [0.4, 0.5) is 0 Å². The van der Waals surface area contributed by atoms with Crippen molar-refractivity contribution in [3.05, 3.63) is 0 Å². The first-order valence-corrected chi connectivity index (χ1v) is 6.69. The molecule has 0 aliphatic heterocycles. The van der Waals surface area contributed by atoms with Crippen molar-refractivity contribution in [2.45, 2.75) is 13.8 Å². The summed E-state index contributed by atoms with van der Waals surface area (Å²) in [6.07, 6.45) is 0. The standard InChI is InChI=1S/C8H17ClN2O3S/c1-8(2,7(12)10-3)6-11-15(13,14)5-4-9/h11H,4-6H2,1-3H3,(H,10,12). The van der Waals surface area contributed by atoms with Crippen LogP contribution < -0.4 is 10.0 Å². The third-order valence-electron chi connectivity index (χ3n) is 1.92. The molecule has 5 nitrogen and oxygen atoms in total. The van der Waals surface area contributed by atoms with E-state index in [1.54, 1.807) is 13.8 Å². The van der Waals surface area contributed by atoms with E-state index >= 15 is 0 Å². The van der Waals surface area contributed by atoms with E-state index in [2.05, 4.69) is 10.0 Å². The number of hydrogen-bond acceptors (Lipinski definition) is 3. The van der Waals surface area contributed by atoms with Gasteiger partial charge in [-0.25, -0.2) is 13.1 Å². The van der Waals surface area contributed by atoms with Gasteiger partial charge in [0.05, 0.1) is 11.2 Å². The molecule has 0 saturated carbocycles. The second-order valence-electron chi connectivity index (χ2n) is 3.79. The van der Waals surface area contributed by atoms with Crippen molar-refractivity contribution in [1.82, 2.24) is 10.0 Å². The van der Waals surface area contributed by atoms with Crippen LogP contribution in [0.2, 0.25) is 0 Å². The Morgan fingerprint density at radius 2 is 1.93 bits per heavy atom. The predicted octanol–water partition coefficient (Wildman–Crippen LogP) is -0.0832. The van der Waals surface area contributed by atoms with Crippen LogP contribution in [0.3, 0.4) is 0 Å². The highest BCUT2D eigenvalue weighted by Crippen LogP contribution is 2.13. The highest BCUT2D eigenvalue weighted by molar-refractivity contribution is 7.89. The van der Waals surface area contributed by atoms with Gasteiger partial charge in [-0.15, -0.1) is 11.6 Å². The van der Waals surface area contributed by atoms with E-state index < -0.39 is 15.4 Å². The fraction of sp³-hybridized carbons (Fsp3) is 0.875. The molecule has 7 heteroatoms. The maximum Gasteiger partial charge on any atom is 0.226 e. The van der Waals surface area contributed by atoms with Crippen molar-refractivity contribution in [2.75, 3.05) is 25.2 Å². The second kappa shape index (κ2) is 5.67. The smallest absolute Gasteiger partial charge is 0.226 e. The second-order valence-corrected chi connectivity index (χ2v) is 6.10. The molecule has 0 aromatic carbocycles. The molecule has 0 aromatic heterocycles. The van der Waals surface area contributed by atoms with Crippen LogP contribution in [0.5, 0.6) is 0 Å². The Hall–Kier alpha value is -0.330. The Kier molecular flexibility index (Phi) is 5.55. The Morgan fingerprint density at radius 1 is 1.40 bits per heavy atom. The number of hydrogen-bond donors (Lipinski definition) is 2. The lowest BCUT2D eigenvalue weighted by Crippen LogP contribution is -2.44. The van der Waals surface area contributed by atoms with Gasteiger partial charge in [-0.1, -0.05) is 0 Å². The average molecular weight is 257 g/mol. The number of halogens is 1. The van der Waals surface area contributed by atoms with Crippen molar-refractivity contribution in [1.29, 1.82) is 0 Å². The van der Waals surface area contributed by atoms with Gasteiger partial charge >= 0.3 is 0 Å². The number of rotatable bonds is 6. The van der Waals surface area contributed by atoms with Gasteiger partial charge in [0.2, 0.25) is 15.9 Å². The minimum atomic E-state index is -3.37. The van der Waals surface area contributed by atoms with E-state index in [4.69, 9.17) is 11.6 Å². The lowest BCUT2D eigenvalue weighted by atomic mass is 9.93. The number of carbonyl (C=O) groups excluding carboxylic acids is 1. The summed E-state index contributed by atoms with van der Waals surface area (Å²) in [5.41, 5.74) is -0.770. The van der Waals surface area contributed by atoms with E-state index in [-0.39, 0.29) is 24.1 Å². The van der Waals surface area contributed by atoms with Crippen molar-refractivity contribution in [3.8, 4) is 0 Å². The van der Waals surface area contributed by atoms with Crippen molar-refractivity contribution < 1.29 is 13.2 Å². The van der Waals surface area contributed by atoms with Gasteiger partial charge in [-0.05, 0) is 13.8 Å². The Morgan fingerprint density at radius 3 is 2.33 bits per heavy atom. The molecule has 0 saturated heterocycles. The highest BCUT2D eigenvalue weighted by atomic mass is 35.5. The van der Waals surface area contributed by atoms with Gasteiger partial charge < -0.3 is 5.32 Å². The summed E-state index contributed by atoms with van der Waals surface area (Å²) in [5, 5.41) is 2.47. The molecule has 0 radical (unpaired) electrons. The highest BCUT2D eigenvalue weighted by Gasteiger charge is 2.28. The fourth-order valence-electron chi connectivity index (χ4n) is 0.883.